The molecule has 0 aliphatic carbocycles. The van der Waals surface area contributed by atoms with Gasteiger partial charge in [0.1, 0.15) is 36.6 Å². The number of ketones is 1. The molecule has 428 valence electrons. The minimum absolute atomic E-state index is 0.0196. The van der Waals surface area contributed by atoms with Crippen molar-refractivity contribution in [1.82, 2.24) is 15.1 Å². The number of benzene rings is 1. The number of esters is 1. The number of nitrogens with zero attached hydrogens (tertiary/aromatic N) is 5. The Bertz CT molecular complexity index is 2120. The quantitative estimate of drug-likeness (QED) is 0.0406. The van der Waals surface area contributed by atoms with E-state index in [1.165, 1.54) is 25.2 Å². The fourth-order valence-corrected chi connectivity index (χ4v) is 10.4. The maximum Gasteiger partial charge on any atom is 0.308 e. The summed E-state index contributed by atoms with van der Waals surface area (Å²) in [6, 6.07) is 6.40. The molecular formula is C55H88N6O15. The van der Waals surface area contributed by atoms with Gasteiger partial charge in [-0.25, -0.2) is 0 Å². The highest BCUT2D eigenvalue weighted by molar-refractivity contribution is 5.97. The molecule has 0 saturated carbocycles. The molecule has 3 heterocycles. The van der Waals surface area contributed by atoms with Gasteiger partial charge in [0.2, 0.25) is 5.91 Å². The highest BCUT2D eigenvalue weighted by Gasteiger charge is 2.49. The summed E-state index contributed by atoms with van der Waals surface area (Å²) in [7, 11) is 6.31. The summed E-state index contributed by atoms with van der Waals surface area (Å²) in [6.45, 7) is 16.0. The minimum atomic E-state index is -1.49. The molecular weight excluding hydrogens is 985 g/mol. The molecule has 18 atom stereocenters. The first-order valence-corrected chi connectivity index (χ1v) is 26.7. The number of aliphatic hydroxyl groups is 4. The lowest BCUT2D eigenvalue weighted by Gasteiger charge is -2.47. The van der Waals surface area contributed by atoms with Crippen LogP contribution in [0.15, 0.2) is 59.2 Å². The Morgan fingerprint density at radius 1 is 0.908 bits per heavy atom. The standard InChI is InChI=1S/C55H88N6O15/c1-14-42-38(30-72-54-50(71-13)49(70-12)46(66)35(6)74-54)26-31(2)22-23-40(62)32(3)27-37(48(33(4)41(63)29-43(64)75-42)76-53-47(67)44(60(10)11)45(65)34(5)73-53)28-39(51(68)58-55(7,8)9)61(25-19-18-24-57-59-56)52(69)36-20-16-15-17-21-36/h15-17,20-23,26,32-35,37-39,41-42,44-50,53-54,63,65-67H,14,18-19,24-25,27-30H2,1-13H3,(H,58,68)/b23-22+,31-26+/t32-,33+,34-,35+,37-,38-,39?,41-,42-,44+,45-,46+,47-,48-,49+,50+,53+,54+/m1/s1. The molecule has 2 fully saturated rings. The molecule has 0 bridgehead atoms. The second-order valence-corrected chi connectivity index (χ2v) is 22.0. The van der Waals surface area contributed by atoms with E-state index in [0.29, 0.717) is 30.4 Å². The van der Waals surface area contributed by atoms with Crippen LogP contribution in [0, 0.1) is 23.7 Å². The van der Waals surface area contributed by atoms with E-state index in [1.807, 2.05) is 33.8 Å². The van der Waals surface area contributed by atoms with Crippen molar-refractivity contribution in [3.05, 3.63) is 70.1 Å². The summed E-state index contributed by atoms with van der Waals surface area (Å²) >= 11 is 0. The Kier molecular flexibility index (Phi) is 25.4. The number of hydrogen-bond acceptors (Lipinski definition) is 17. The van der Waals surface area contributed by atoms with Crippen molar-refractivity contribution in [2.24, 2.45) is 28.8 Å². The van der Waals surface area contributed by atoms with Crippen molar-refractivity contribution in [2.45, 2.75) is 192 Å². The van der Waals surface area contributed by atoms with E-state index in [4.69, 9.17) is 38.7 Å². The van der Waals surface area contributed by atoms with Gasteiger partial charge in [-0.15, -0.1) is 0 Å². The Hall–Kier alpha value is -4.35. The number of nitrogens with one attached hydrogen (secondary N) is 1. The average Bonchev–Trinajstić information content (AvgIpc) is 3.36. The Balaban J connectivity index is 1.89. The van der Waals surface area contributed by atoms with Crippen LogP contribution in [-0.2, 0) is 47.5 Å². The number of methoxy groups -OCH3 is 2. The molecule has 0 aromatic heterocycles. The lowest BCUT2D eigenvalue weighted by molar-refractivity contribution is -0.304. The zero-order valence-corrected chi connectivity index (χ0v) is 46.9. The lowest BCUT2D eigenvalue weighted by Crippen LogP contribution is -2.63. The van der Waals surface area contributed by atoms with Gasteiger partial charge in [0.25, 0.3) is 5.91 Å². The van der Waals surface area contributed by atoms with Crippen LogP contribution in [-0.4, -0.2) is 193 Å². The normalized spacial score (nSPS) is 34.8. The summed E-state index contributed by atoms with van der Waals surface area (Å²) in [5, 5.41) is 53.0. The second kappa shape index (κ2) is 30.1. The van der Waals surface area contributed by atoms with E-state index >= 15 is 0 Å². The molecule has 2 amide bonds. The average molecular weight is 1070 g/mol. The second-order valence-electron chi connectivity index (χ2n) is 22.0. The summed E-state index contributed by atoms with van der Waals surface area (Å²) in [5.74, 6) is -5.27. The third-order valence-electron chi connectivity index (χ3n) is 14.7. The first-order chi connectivity index (χ1) is 35.9. The number of azide groups is 1. The molecule has 0 spiro atoms. The van der Waals surface area contributed by atoms with E-state index in [1.54, 1.807) is 90.0 Å². The Morgan fingerprint density at radius 3 is 2.16 bits per heavy atom. The fourth-order valence-electron chi connectivity index (χ4n) is 10.4. The predicted molar refractivity (Wildman–Crippen MR) is 282 cm³/mol. The summed E-state index contributed by atoms with van der Waals surface area (Å²) in [5.41, 5.74) is 9.17. The fraction of sp³-hybridized carbons (Fsp3) is 0.745. The number of amides is 2. The summed E-state index contributed by atoms with van der Waals surface area (Å²) in [6.07, 6.45) is -7.18. The molecule has 3 aliphatic heterocycles. The van der Waals surface area contributed by atoms with Crippen LogP contribution in [0.3, 0.4) is 0 Å². The number of aliphatic hydroxyl groups excluding tert-OH is 4. The van der Waals surface area contributed by atoms with Crippen LogP contribution < -0.4 is 5.32 Å². The largest absolute Gasteiger partial charge is 0.462 e. The molecule has 1 aromatic rings. The lowest BCUT2D eigenvalue weighted by atomic mass is 9.77. The molecule has 4 rings (SSSR count). The van der Waals surface area contributed by atoms with Crippen molar-refractivity contribution in [2.75, 3.05) is 48.0 Å². The number of rotatable bonds is 19. The van der Waals surface area contributed by atoms with E-state index in [-0.39, 0.29) is 38.3 Å². The third-order valence-corrected chi connectivity index (χ3v) is 14.7. The van der Waals surface area contributed by atoms with Gasteiger partial charge in [0, 0.05) is 61.1 Å². The summed E-state index contributed by atoms with van der Waals surface area (Å²) < 4.78 is 42.9. The van der Waals surface area contributed by atoms with E-state index in [2.05, 4.69) is 15.3 Å². The van der Waals surface area contributed by atoms with Crippen molar-refractivity contribution >= 4 is 23.6 Å². The number of unbranched alkanes of at least 4 members (excludes halogenated alkanes) is 1. The number of hydrogen-bond donors (Lipinski definition) is 5. The van der Waals surface area contributed by atoms with Gasteiger partial charge in [-0.3, -0.25) is 19.2 Å². The smallest absolute Gasteiger partial charge is 0.308 e. The van der Waals surface area contributed by atoms with Gasteiger partial charge < -0.3 is 68.7 Å². The van der Waals surface area contributed by atoms with Crippen LogP contribution in [0.2, 0.25) is 0 Å². The Labute approximate surface area is 449 Å². The third kappa shape index (κ3) is 17.8. The molecule has 1 aromatic carbocycles. The highest BCUT2D eigenvalue weighted by Crippen LogP contribution is 2.37. The highest BCUT2D eigenvalue weighted by atomic mass is 16.7. The Morgan fingerprint density at radius 2 is 1.55 bits per heavy atom. The predicted octanol–water partition coefficient (Wildman–Crippen LogP) is 4.88. The van der Waals surface area contributed by atoms with Crippen LogP contribution in [0.25, 0.3) is 10.4 Å². The molecule has 21 nitrogen and oxygen atoms in total. The monoisotopic (exact) mass is 1070 g/mol. The van der Waals surface area contributed by atoms with E-state index < -0.39 is 139 Å². The SMILES string of the molecule is CC[C@H]1OC(=O)C[C@@H](O)[C@H](C)[C@@H](O[C@@H]2O[C@H](C)[C@@H](O)[C@H](N(C)C)[C@H]2O)[C@@H](CC(C(=O)NC(C)(C)C)N(CCCCN=[N+]=[N-])C(=O)c2ccccc2)C[C@@H](C)C(=O)/C=C/C(C)=C/[C@@H]1CO[C@H]1O[C@@H](C)[C@H](O)[C@H](OC)[C@@H]1OC. The molecule has 21 heteroatoms. The van der Waals surface area contributed by atoms with Gasteiger partial charge >= 0.3 is 5.97 Å². The molecule has 1 unspecified atom stereocenters. The van der Waals surface area contributed by atoms with Crippen molar-refractivity contribution < 1.29 is 72.8 Å². The number of likely N-dealkylation sites (N-methyl/N-ethyl adjacent to an activating group) is 1. The maximum absolute atomic E-state index is 15.0. The topological polar surface area (TPSA) is 281 Å². The first-order valence-electron chi connectivity index (χ1n) is 26.7. The van der Waals surface area contributed by atoms with Crippen molar-refractivity contribution in [3.8, 4) is 0 Å². The number of carbonyl (C=O) groups excluding carboxylic acids is 4. The van der Waals surface area contributed by atoms with Crippen LogP contribution in [0.5, 0.6) is 0 Å². The summed E-state index contributed by atoms with van der Waals surface area (Å²) in [4.78, 5) is 64.5. The zero-order chi connectivity index (χ0) is 56.6. The number of ether oxygens (including phenoxy) is 7. The maximum atomic E-state index is 15.0. The zero-order valence-electron chi connectivity index (χ0n) is 46.9. The number of allylic oxidation sites excluding steroid dienone is 3. The van der Waals surface area contributed by atoms with Crippen LogP contribution >= 0.6 is 0 Å². The minimum Gasteiger partial charge on any atom is -0.462 e. The van der Waals surface area contributed by atoms with E-state index in [9.17, 15) is 39.6 Å². The molecule has 0 radical (unpaired) electrons. The van der Waals surface area contributed by atoms with Crippen molar-refractivity contribution in [3.63, 3.8) is 0 Å². The molecule has 76 heavy (non-hydrogen) atoms. The van der Waals surface area contributed by atoms with Crippen LogP contribution in [0.1, 0.15) is 111 Å². The van der Waals surface area contributed by atoms with Gasteiger partial charge in [0.05, 0.1) is 49.6 Å². The van der Waals surface area contributed by atoms with Crippen LogP contribution in [0.4, 0.5) is 0 Å². The molecule has 3 aliphatic rings. The van der Waals surface area contributed by atoms with Gasteiger partial charge in [0.15, 0.2) is 18.4 Å². The van der Waals surface area contributed by atoms with Gasteiger partial charge in [-0.2, -0.15) is 0 Å². The van der Waals surface area contributed by atoms with Gasteiger partial charge in [-0.1, -0.05) is 61.8 Å². The first kappa shape index (κ1) is 64.2. The van der Waals surface area contributed by atoms with Gasteiger partial charge in [-0.05, 0) is 117 Å². The van der Waals surface area contributed by atoms with E-state index in [0.717, 1.165) is 0 Å². The van der Waals surface area contributed by atoms with Crippen molar-refractivity contribution in [1.29, 1.82) is 0 Å². The number of cyclic esters (lactones) is 1. The molecule has 5 N–H and O–H groups in total. The number of carbonyl (C=O) groups is 4. The molecule has 2 saturated heterocycles.